The Morgan fingerprint density at radius 3 is 2.45 bits per heavy atom. The van der Waals surface area contributed by atoms with E-state index in [0.29, 0.717) is 18.2 Å². The zero-order valence-electron chi connectivity index (χ0n) is 13.4. The summed E-state index contributed by atoms with van der Waals surface area (Å²) >= 11 is 0. The van der Waals surface area contributed by atoms with Crippen LogP contribution in [0.1, 0.15) is 36.6 Å². The summed E-state index contributed by atoms with van der Waals surface area (Å²) < 4.78 is 5.81. The van der Waals surface area contributed by atoms with Gasteiger partial charge in [0.25, 0.3) is 0 Å². The highest BCUT2D eigenvalue weighted by Gasteiger charge is 2.24. The number of likely N-dealkylation sites (N-methyl/N-ethyl adjacent to an activating group) is 1. The van der Waals surface area contributed by atoms with E-state index in [-0.39, 0.29) is 0 Å². The van der Waals surface area contributed by atoms with Crippen LogP contribution in [0.25, 0.3) is 0 Å². The first-order valence-corrected chi connectivity index (χ1v) is 7.61. The van der Waals surface area contributed by atoms with Gasteiger partial charge in [-0.05, 0) is 45.9 Å². The monoisotopic (exact) mass is 276 g/mol. The molecule has 0 aliphatic carbocycles. The number of rotatable bonds is 4. The van der Waals surface area contributed by atoms with Crippen LogP contribution in [0.4, 0.5) is 0 Å². The molecule has 3 nitrogen and oxygen atoms in total. The quantitative estimate of drug-likeness (QED) is 0.915. The summed E-state index contributed by atoms with van der Waals surface area (Å²) in [5.74, 6) is 0. The number of aryl methyl sites for hydroxylation is 2. The number of ether oxygens (including phenoxy) is 1. The molecule has 0 bridgehead atoms. The number of hydrogen-bond donors (Lipinski definition) is 1. The average Bonchev–Trinajstić information content (AvgIpc) is 2.35. The van der Waals surface area contributed by atoms with Crippen molar-refractivity contribution in [3.05, 3.63) is 34.9 Å². The molecule has 1 heterocycles. The van der Waals surface area contributed by atoms with Crippen LogP contribution in [-0.2, 0) is 4.74 Å². The Hall–Kier alpha value is -0.900. The fraction of sp³-hybridized carbons (Fsp3) is 0.647. The van der Waals surface area contributed by atoms with Crippen LogP contribution in [0.15, 0.2) is 18.2 Å². The lowest BCUT2D eigenvalue weighted by Gasteiger charge is -2.37. The van der Waals surface area contributed by atoms with Gasteiger partial charge in [0.15, 0.2) is 0 Å². The van der Waals surface area contributed by atoms with Gasteiger partial charge in [-0.1, -0.05) is 23.8 Å². The first kappa shape index (κ1) is 15.5. The molecule has 2 rings (SSSR count). The largest absolute Gasteiger partial charge is 0.373 e. The Morgan fingerprint density at radius 1 is 1.25 bits per heavy atom. The molecule has 1 unspecified atom stereocenters. The van der Waals surface area contributed by atoms with Gasteiger partial charge in [0.2, 0.25) is 0 Å². The van der Waals surface area contributed by atoms with Crippen molar-refractivity contribution in [2.24, 2.45) is 0 Å². The predicted octanol–water partition coefficient (Wildman–Crippen LogP) is 2.67. The molecule has 1 fully saturated rings. The molecule has 20 heavy (non-hydrogen) atoms. The molecule has 1 aliphatic rings. The van der Waals surface area contributed by atoms with Crippen molar-refractivity contribution in [1.82, 2.24) is 10.2 Å². The van der Waals surface area contributed by atoms with E-state index in [1.165, 1.54) is 16.7 Å². The summed E-state index contributed by atoms with van der Waals surface area (Å²) in [5.41, 5.74) is 4.11. The fourth-order valence-electron chi connectivity index (χ4n) is 3.25. The van der Waals surface area contributed by atoms with Crippen molar-refractivity contribution in [2.75, 3.05) is 26.7 Å². The minimum atomic E-state index is 0.329. The molecule has 3 atom stereocenters. The third kappa shape index (κ3) is 3.81. The highest BCUT2D eigenvalue weighted by molar-refractivity contribution is 5.33. The van der Waals surface area contributed by atoms with Gasteiger partial charge in [-0.3, -0.25) is 4.90 Å². The molecule has 1 aromatic rings. The van der Waals surface area contributed by atoms with Crippen molar-refractivity contribution < 1.29 is 4.74 Å². The summed E-state index contributed by atoms with van der Waals surface area (Å²) in [5, 5.41) is 3.47. The second kappa shape index (κ2) is 6.70. The normalized spacial score (nSPS) is 25.6. The van der Waals surface area contributed by atoms with Gasteiger partial charge in [0.1, 0.15) is 0 Å². The van der Waals surface area contributed by atoms with Crippen LogP contribution >= 0.6 is 0 Å². The minimum Gasteiger partial charge on any atom is -0.373 e. The molecule has 3 heteroatoms. The first-order valence-electron chi connectivity index (χ1n) is 7.61. The van der Waals surface area contributed by atoms with E-state index in [1.54, 1.807) is 0 Å². The molecule has 0 amide bonds. The maximum Gasteiger partial charge on any atom is 0.0678 e. The van der Waals surface area contributed by atoms with Crippen LogP contribution in [0.5, 0.6) is 0 Å². The maximum atomic E-state index is 5.81. The van der Waals surface area contributed by atoms with Gasteiger partial charge in [-0.2, -0.15) is 0 Å². The topological polar surface area (TPSA) is 24.5 Å². The molecule has 0 radical (unpaired) electrons. The van der Waals surface area contributed by atoms with Gasteiger partial charge in [0, 0.05) is 25.7 Å². The van der Waals surface area contributed by atoms with Crippen molar-refractivity contribution in [2.45, 2.75) is 45.9 Å². The SMILES string of the molecule is CNC(CN1C[C@@H](C)O[C@@H](C)C1)c1ccc(C)cc1C. The molecule has 1 saturated heterocycles. The molecule has 1 aliphatic heterocycles. The summed E-state index contributed by atoms with van der Waals surface area (Å²) in [6, 6.07) is 7.12. The Labute approximate surface area is 123 Å². The van der Waals surface area contributed by atoms with Crippen molar-refractivity contribution in [3.8, 4) is 0 Å². The molecule has 1 N–H and O–H groups in total. The highest BCUT2D eigenvalue weighted by Crippen LogP contribution is 2.21. The summed E-state index contributed by atoms with van der Waals surface area (Å²) in [4.78, 5) is 2.51. The minimum absolute atomic E-state index is 0.329. The summed E-state index contributed by atoms with van der Waals surface area (Å²) in [6.45, 7) is 11.8. The lowest BCUT2D eigenvalue weighted by molar-refractivity contribution is -0.0698. The number of hydrogen-bond acceptors (Lipinski definition) is 3. The Balaban J connectivity index is 2.08. The van der Waals surface area contributed by atoms with Crippen molar-refractivity contribution >= 4 is 0 Å². The van der Waals surface area contributed by atoms with Gasteiger partial charge in [-0.25, -0.2) is 0 Å². The maximum absolute atomic E-state index is 5.81. The lowest BCUT2D eigenvalue weighted by Crippen LogP contribution is -2.48. The van der Waals surface area contributed by atoms with E-state index >= 15 is 0 Å². The van der Waals surface area contributed by atoms with E-state index in [0.717, 1.165) is 19.6 Å². The van der Waals surface area contributed by atoms with Gasteiger partial charge >= 0.3 is 0 Å². The third-order valence-corrected chi connectivity index (χ3v) is 4.09. The summed E-state index contributed by atoms with van der Waals surface area (Å²) in [6.07, 6.45) is 0.658. The molecule has 1 aromatic carbocycles. The fourth-order valence-corrected chi connectivity index (χ4v) is 3.25. The second-order valence-corrected chi connectivity index (χ2v) is 6.18. The Morgan fingerprint density at radius 2 is 1.90 bits per heavy atom. The van der Waals surface area contributed by atoms with E-state index in [2.05, 4.69) is 63.2 Å². The van der Waals surface area contributed by atoms with E-state index in [1.807, 2.05) is 0 Å². The zero-order chi connectivity index (χ0) is 14.7. The number of morpholine rings is 1. The smallest absolute Gasteiger partial charge is 0.0678 e. The van der Waals surface area contributed by atoms with Crippen LogP contribution in [0, 0.1) is 13.8 Å². The molecule has 0 spiro atoms. The third-order valence-electron chi connectivity index (χ3n) is 4.09. The molecular weight excluding hydrogens is 248 g/mol. The predicted molar refractivity (Wildman–Crippen MR) is 84.2 cm³/mol. The second-order valence-electron chi connectivity index (χ2n) is 6.18. The molecule has 0 aromatic heterocycles. The van der Waals surface area contributed by atoms with Gasteiger partial charge < -0.3 is 10.1 Å². The van der Waals surface area contributed by atoms with Gasteiger partial charge in [-0.15, -0.1) is 0 Å². The lowest BCUT2D eigenvalue weighted by atomic mass is 9.98. The number of nitrogens with zero attached hydrogens (tertiary/aromatic N) is 1. The molecular formula is C17H28N2O. The molecule has 0 saturated carbocycles. The number of nitrogens with one attached hydrogen (secondary N) is 1. The van der Waals surface area contributed by atoms with Crippen LogP contribution in [0.2, 0.25) is 0 Å². The van der Waals surface area contributed by atoms with Gasteiger partial charge in [0.05, 0.1) is 12.2 Å². The molecule has 112 valence electrons. The Kier molecular flexibility index (Phi) is 5.19. The Bertz CT molecular complexity index is 437. The number of benzene rings is 1. The first-order chi connectivity index (χ1) is 9.49. The summed E-state index contributed by atoms with van der Waals surface area (Å²) in [7, 11) is 2.05. The van der Waals surface area contributed by atoms with Crippen LogP contribution in [0.3, 0.4) is 0 Å². The zero-order valence-corrected chi connectivity index (χ0v) is 13.4. The van der Waals surface area contributed by atoms with E-state index in [4.69, 9.17) is 4.74 Å². The van der Waals surface area contributed by atoms with Crippen molar-refractivity contribution in [1.29, 1.82) is 0 Å². The van der Waals surface area contributed by atoms with Crippen LogP contribution in [-0.4, -0.2) is 43.8 Å². The van der Waals surface area contributed by atoms with E-state index < -0.39 is 0 Å². The van der Waals surface area contributed by atoms with Crippen molar-refractivity contribution in [3.63, 3.8) is 0 Å². The standard InChI is InChI=1S/C17H28N2O/c1-12-6-7-16(13(2)8-12)17(18-5)11-19-9-14(3)20-15(4)10-19/h6-8,14-15,17-18H,9-11H2,1-5H3/t14-,15+,17?. The highest BCUT2D eigenvalue weighted by atomic mass is 16.5. The van der Waals surface area contributed by atoms with Crippen LogP contribution < -0.4 is 5.32 Å². The average molecular weight is 276 g/mol. The van der Waals surface area contributed by atoms with E-state index in [9.17, 15) is 0 Å².